The lowest BCUT2D eigenvalue weighted by molar-refractivity contribution is -0.270. The van der Waals surface area contributed by atoms with Gasteiger partial charge >= 0.3 is 6.03 Å². The molecule has 5 aromatic carbocycles. The van der Waals surface area contributed by atoms with Crippen LogP contribution in [0.1, 0.15) is 182 Å². The number of imide groups is 1. The first kappa shape index (κ1) is 82.4. The van der Waals surface area contributed by atoms with Crippen molar-refractivity contribution in [3.05, 3.63) is 117 Å². The second-order valence-corrected chi connectivity index (χ2v) is 32.2. The molecule has 14 atom stereocenters. The van der Waals surface area contributed by atoms with Gasteiger partial charge in [0.15, 0.2) is 28.8 Å². The van der Waals surface area contributed by atoms with Gasteiger partial charge < -0.3 is 97.4 Å². The number of carbonyl (C=O) groups is 9. The monoisotopic (exact) mass is 1590 g/mol. The minimum atomic E-state index is -2.18. The highest BCUT2D eigenvalue weighted by Gasteiger charge is 2.51. The molecule has 6 heterocycles. The van der Waals surface area contributed by atoms with Gasteiger partial charge in [-0.3, -0.25) is 43.7 Å². The molecule has 602 valence electrons. The lowest BCUT2D eigenvalue weighted by atomic mass is 9.51. The third-order valence-corrected chi connectivity index (χ3v) is 23.6. The maximum atomic E-state index is 16.5. The fourth-order valence-corrected chi connectivity index (χ4v) is 17.8. The number of halogens is 2. The predicted molar refractivity (Wildman–Crippen MR) is 406 cm³/mol. The minimum Gasteiger partial charge on any atom is -0.508 e. The fraction of sp³-hybridized carbons (Fsp3) is 0.519. The summed E-state index contributed by atoms with van der Waals surface area (Å²) in [7, 11) is 1.51. The van der Waals surface area contributed by atoms with Crippen molar-refractivity contribution in [2.45, 2.75) is 203 Å². The highest BCUT2D eigenvalue weighted by atomic mass is 35.5. The van der Waals surface area contributed by atoms with Crippen molar-refractivity contribution in [3.8, 4) is 57.1 Å². The van der Waals surface area contributed by atoms with Crippen molar-refractivity contribution < 1.29 is 103 Å². The summed E-state index contributed by atoms with van der Waals surface area (Å²) in [6, 6.07) is 5.45. The van der Waals surface area contributed by atoms with Gasteiger partial charge in [-0.1, -0.05) is 94.3 Å². The SMILES string of the molecule is CCCCCCCCNC(=O)NC(=O)C[C@@H]1CC(=O)[C@H](NC(=O)[C@@H](CC(C)C)NC)[C@H](O)c2ccc(c(Cl)c2)Oc2cc3cc(c2OC2OC(CN)C(O)C(O)C2O)Oc2ccc(cc2Cl)[C@@H](O)[C@H]2NC(=O)[C@H](CC(=O)[C@@H]3NC1=O)c1ccc(O)c(c1)-c1c(O)cc(O)cc1[C@@H](C(=O)CC1C3CC4CC(C3)CC1C4)NC2=O. The predicted octanol–water partition coefficient (Wildman–Crippen LogP) is 7.46. The summed E-state index contributed by atoms with van der Waals surface area (Å²) in [4.78, 5) is 137. The molecule has 5 unspecified atom stereocenters. The highest BCUT2D eigenvalue weighted by molar-refractivity contribution is 6.32. The zero-order valence-corrected chi connectivity index (χ0v) is 64.0. The number of rotatable bonds is 20. The number of Topliss-reactive ketones (excluding diaryl/α,β-unsaturated/α-hetero) is 3. The van der Waals surface area contributed by atoms with E-state index in [1.807, 2.05) is 13.8 Å². The molecule has 0 spiro atoms. The molecule has 0 radical (unpaired) electrons. The van der Waals surface area contributed by atoms with Crippen LogP contribution in [0.5, 0.6) is 46.0 Å². The molecule has 5 fully saturated rings. The van der Waals surface area contributed by atoms with Crippen LogP contribution in [-0.4, -0.2) is 163 Å². The zero-order valence-electron chi connectivity index (χ0n) is 62.5. The van der Waals surface area contributed by atoms with Crippen molar-refractivity contribution in [1.82, 2.24) is 37.2 Å². The Morgan fingerprint density at radius 3 is 1.91 bits per heavy atom. The Morgan fingerprint density at radius 2 is 1.29 bits per heavy atom. The molecular weight excluding hydrogens is 1490 g/mol. The van der Waals surface area contributed by atoms with E-state index in [-0.39, 0.29) is 104 Å². The van der Waals surface area contributed by atoms with Gasteiger partial charge in [0.1, 0.15) is 89.5 Å². The summed E-state index contributed by atoms with van der Waals surface area (Å²) < 4.78 is 25.7. The van der Waals surface area contributed by atoms with Crippen molar-refractivity contribution in [2.75, 3.05) is 20.1 Å². The number of hydrogen-bond donors (Lipinski definition) is 16. The van der Waals surface area contributed by atoms with Crippen LogP contribution in [-0.2, 0) is 43.1 Å². The van der Waals surface area contributed by atoms with Gasteiger partial charge in [0.25, 0.3) is 0 Å². The standard InChI is InChI=1S/C81H98Cl2N8O21/c1-5-6-7-8-9-10-17-86-81(108)87-64(98)30-45-27-56(95)68(90-78(106)53(85-4)18-36(2)3)70(99)40-12-15-59(51(82)25-40)109-61-28-44-29-62(75(61)112-80-74(103)73(102)72(101)63(35-84)111-80)110-60-16-13-41(26-52(60)83)71(100)69-79(107)89-67(58(97)33-47-42-20-37-19-38(22-42)23-43(47)21-37)50-31-46(92)32-55(94)65(50)49-24-39(11-14-54(49)93)48(77(105)91-69)34-57(96)66(44)88-76(45)104/h11-16,24-26,28-29,31-32,36-38,42-43,45,47-48,53,63,66-74,80,85,92-94,99-103H,5-10,17-23,27,30,33-35,84H2,1-4H3,(H,88,104)(H,89,107)(H,90,106)(H,91,105)(H2,86,87,98,108)/t37?,38?,42?,43?,45-,47?,48+,53+,63?,66+,67-,68-,69+,70+,71+,72?,73?,74?,80?/m0/s1. The van der Waals surface area contributed by atoms with E-state index in [0.29, 0.717) is 18.3 Å². The molecule has 17 N–H and O–H groups in total. The molecule has 7 amide bonds. The van der Waals surface area contributed by atoms with E-state index in [9.17, 15) is 55.2 Å². The number of aliphatic hydroxyl groups excluding tert-OH is 5. The number of likely N-dealkylation sites (N-methyl/N-ethyl adjacent to an activating group) is 1. The largest absolute Gasteiger partial charge is 0.508 e. The molecule has 1 saturated heterocycles. The lowest BCUT2D eigenvalue weighted by Crippen LogP contribution is -2.60. The Hall–Kier alpha value is -9.01. The third-order valence-electron chi connectivity index (χ3n) is 23.0. The van der Waals surface area contributed by atoms with Gasteiger partial charge in [-0.05, 0) is 170 Å². The number of ether oxygens (including phenoxy) is 4. The zero-order chi connectivity index (χ0) is 80.3. The summed E-state index contributed by atoms with van der Waals surface area (Å²) in [5, 5.41) is 113. The second-order valence-electron chi connectivity index (χ2n) is 31.4. The molecule has 29 nitrogen and oxygen atoms in total. The summed E-state index contributed by atoms with van der Waals surface area (Å²) >= 11 is 14.3. The number of nitrogens with one attached hydrogen (secondary N) is 7. The maximum Gasteiger partial charge on any atom is 0.321 e. The number of phenolic OH excluding ortho intramolecular Hbond substituents is 3. The van der Waals surface area contributed by atoms with Crippen molar-refractivity contribution in [1.29, 1.82) is 0 Å². The normalized spacial score (nSPS) is 28.5. The summed E-state index contributed by atoms with van der Waals surface area (Å²) in [5.41, 5.74) is 4.52. The van der Waals surface area contributed by atoms with E-state index in [2.05, 4.69) is 44.1 Å². The van der Waals surface area contributed by atoms with Gasteiger partial charge in [-0.25, -0.2) is 4.79 Å². The van der Waals surface area contributed by atoms with E-state index in [0.717, 1.165) is 94.5 Å². The molecule has 31 heteroatoms. The number of benzene rings is 5. The first-order valence-electron chi connectivity index (χ1n) is 38.5. The molecule has 6 aliphatic heterocycles. The fourth-order valence-electron chi connectivity index (χ4n) is 17.4. The van der Waals surface area contributed by atoms with Crippen LogP contribution in [0.2, 0.25) is 10.0 Å². The number of unbranched alkanes of at least 4 members (excludes halogenated alkanes) is 5. The number of urea groups is 1. The van der Waals surface area contributed by atoms with Crippen molar-refractivity contribution in [2.24, 2.45) is 47.2 Å². The van der Waals surface area contributed by atoms with Crippen LogP contribution in [0.25, 0.3) is 11.1 Å². The van der Waals surface area contributed by atoms with Gasteiger partial charge in [0, 0.05) is 56.0 Å². The first-order valence-corrected chi connectivity index (χ1v) is 39.2. The number of amides is 7. The molecule has 112 heavy (non-hydrogen) atoms. The van der Waals surface area contributed by atoms with E-state index < -0.39 is 198 Å². The lowest BCUT2D eigenvalue weighted by Gasteiger charge is -2.54. The first-order chi connectivity index (χ1) is 53.5. The Balaban J connectivity index is 1.04. The number of hydrogen-bond acceptors (Lipinski definition) is 23. The topological polar surface area (TPSA) is 463 Å². The Bertz CT molecular complexity index is 4380. The number of ketones is 3. The molecular formula is C81H98Cl2N8O21. The Labute approximate surface area is 656 Å². The van der Waals surface area contributed by atoms with Gasteiger partial charge in [-0.15, -0.1) is 0 Å². The van der Waals surface area contributed by atoms with Crippen LogP contribution in [0, 0.1) is 41.4 Å². The molecule has 15 rings (SSSR count). The number of aliphatic hydroxyl groups is 5. The average Bonchev–Trinajstić information content (AvgIpc) is 0.732. The highest BCUT2D eigenvalue weighted by Crippen LogP contribution is 2.58. The second kappa shape index (κ2) is 35.6. The van der Waals surface area contributed by atoms with Crippen LogP contribution in [0.3, 0.4) is 0 Å². The van der Waals surface area contributed by atoms with Crippen LogP contribution in [0.15, 0.2) is 78.9 Å². The minimum absolute atomic E-state index is 0.0600. The summed E-state index contributed by atoms with van der Waals surface area (Å²) in [6.07, 6.45) is -6.18. The maximum absolute atomic E-state index is 16.5. The van der Waals surface area contributed by atoms with E-state index >= 15 is 28.8 Å². The Morgan fingerprint density at radius 1 is 0.652 bits per heavy atom. The van der Waals surface area contributed by atoms with Crippen LogP contribution < -0.4 is 57.2 Å². The van der Waals surface area contributed by atoms with Crippen LogP contribution >= 0.6 is 23.2 Å². The quantitative estimate of drug-likeness (QED) is 0.0336. The smallest absolute Gasteiger partial charge is 0.321 e. The Kier molecular flexibility index (Phi) is 26.2. The summed E-state index contributed by atoms with van der Waals surface area (Å²) in [5.74, 6) is -14.9. The average molecular weight is 1590 g/mol. The van der Waals surface area contributed by atoms with Crippen LogP contribution in [0.4, 0.5) is 4.79 Å². The number of fused-ring (bicyclic) bond motifs is 15. The van der Waals surface area contributed by atoms with E-state index in [1.165, 1.54) is 55.6 Å². The van der Waals surface area contributed by atoms with E-state index in [1.54, 1.807) is 0 Å². The number of nitrogens with two attached hydrogens (primary N) is 1. The molecule has 0 aromatic heterocycles. The van der Waals surface area contributed by atoms with E-state index in [4.69, 9.17) is 47.9 Å². The molecule has 4 aliphatic carbocycles. The molecule has 10 aliphatic rings. The number of carbonyl (C=O) groups excluding carboxylic acids is 9. The number of aromatic hydroxyl groups is 3. The van der Waals surface area contributed by atoms with Gasteiger partial charge in [-0.2, -0.15) is 0 Å². The molecule has 15 bridgehead atoms. The number of phenols is 3. The van der Waals surface area contributed by atoms with Crippen molar-refractivity contribution >= 4 is 76.1 Å². The third kappa shape index (κ3) is 18.3. The van der Waals surface area contributed by atoms with Crippen molar-refractivity contribution in [3.63, 3.8) is 0 Å². The molecule has 5 aromatic rings. The molecule has 4 saturated carbocycles. The van der Waals surface area contributed by atoms with Gasteiger partial charge in [0.05, 0.1) is 27.9 Å². The summed E-state index contributed by atoms with van der Waals surface area (Å²) in [6.45, 7) is 5.49. The van der Waals surface area contributed by atoms with Gasteiger partial charge in [0.2, 0.25) is 41.6 Å².